The molecular weight excluding hydrogens is 364 g/mol. The lowest BCUT2D eigenvalue weighted by Gasteiger charge is -2.41. The smallest absolute Gasteiger partial charge is 0.408 e. The van der Waals surface area contributed by atoms with Crippen molar-refractivity contribution in [1.82, 2.24) is 10.2 Å². The molecule has 0 radical (unpaired) electrons. The molecule has 2 amide bonds. The normalized spacial score (nSPS) is 23.5. The lowest BCUT2D eigenvalue weighted by atomic mass is 9.70. The maximum absolute atomic E-state index is 13.2. The van der Waals surface area contributed by atoms with Gasteiger partial charge in [-0.2, -0.15) is 0 Å². The van der Waals surface area contributed by atoms with E-state index in [0.717, 1.165) is 18.4 Å². The lowest BCUT2D eigenvalue weighted by Crippen LogP contribution is -2.51. The molecule has 4 atom stereocenters. The maximum Gasteiger partial charge on any atom is 0.408 e. The monoisotopic (exact) mass is 402 g/mol. The van der Waals surface area contributed by atoms with Gasteiger partial charge in [0.2, 0.25) is 5.91 Å². The van der Waals surface area contributed by atoms with Crippen molar-refractivity contribution in [1.29, 1.82) is 0 Å². The van der Waals surface area contributed by atoms with Gasteiger partial charge in [-0.25, -0.2) is 4.79 Å². The van der Waals surface area contributed by atoms with E-state index in [-0.39, 0.29) is 18.4 Å². The van der Waals surface area contributed by atoms with Gasteiger partial charge in [-0.05, 0) is 56.9 Å². The first-order valence-electron chi connectivity index (χ1n) is 10.9. The van der Waals surface area contributed by atoms with Gasteiger partial charge in [0, 0.05) is 18.0 Å². The number of benzene rings is 1. The zero-order valence-corrected chi connectivity index (χ0v) is 18.8. The Morgan fingerprint density at radius 1 is 1.17 bits per heavy atom. The molecule has 0 spiro atoms. The molecule has 0 bridgehead atoms. The molecule has 5 nitrogen and oxygen atoms in total. The molecule has 1 aromatic carbocycles. The van der Waals surface area contributed by atoms with Crippen LogP contribution in [-0.2, 0) is 4.79 Å². The number of carbonyl (C=O) groups is 2. The fourth-order valence-corrected chi connectivity index (χ4v) is 4.75. The molecule has 1 saturated carbocycles. The molecular formula is C24H38N2O3. The first kappa shape index (κ1) is 23.2. The van der Waals surface area contributed by atoms with Crippen molar-refractivity contribution in [3.8, 4) is 0 Å². The minimum Gasteiger partial charge on any atom is -0.465 e. The van der Waals surface area contributed by atoms with E-state index in [1.165, 1.54) is 11.3 Å². The fourth-order valence-electron chi connectivity index (χ4n) is 4.75. The predicted molar refractivity (Wildman–Crippen MR) is 117 cm³/mol. The molecule has 0 heterocycles. The summed E-state index contributed by atoms with van der Waals surface area (Å²) in [6.07, 6.45) is 2.19. The van der Waals surface area contributed by atoms with Gasteiger partial charge in [-0.3, -0.25) is 9.69 Å². The van der Waals surface area contributed by atoms with Crippen LogP contribution < -0.4 is 5.32 Å². The summed E-state index contributed by atoms with van der Waals surface area (Å²) in [5.41, 5.74) is 0.305. The number of carbonyl (C=O) groups excluding carboxylic acids is 1. The molecule has 0 saturated heterocycles. The summed E-state index contributed by atoms with van der Waals surface area (Å²) < 4.78 is 0. The second kappa shape index (κ2) is 9.64. The number of nitrogens with one attached hydrogen (secondary N) is 1. The summed E-state index contributed by atoms with van der Waals surface area (Å²) in [6, 6.07) is 9.15. The summed E-state index contributed by atoms with van der Waals surface area (Å²) in [5.74, 6) is 1.47. The third-order valence-electron chi connectivity index (χ3n) is 6.25. The molecule has 0 aliphatic heterocycles. The van der Waals surface area contributed by atoms with E-state index in [1.807, 2.05) is 51.1 Å². The number of nitrogens with zero attached hydrogens (tertiary/aromatic N) is 1. The molecule has 2 N–H and O–H groups in total. The zero-order chi connectivity index (χ0) is 21.8. The van der Waals surface area contributed by atoms with Crippen LogP contribution >= 0.6 is 0 Å². The van der Waals surface area contributed by atoms with Crippen LogP contribution in [0.25, 0.3) is 0 Å². The van der Waals surface area contributed by atoms with Crippen molar-refractivity contribution < 1.29 is 14.7 Å². The quantitative estimate of drug-likeness (QED) is 0.675. The van der Waals surface area contributed by atoms with Gasteiger partial charge in [0.25, 0.3) is 0 Å². The number of hydrogen-bond donors (Lipinski definition) is 2. The molecule has 1 aromatic rings. The Labute approximate surface area is 175 Å². The Morgan fingerprint density at radius 2 is 1.79 bits per heavy atom. The first-order chi connectivity index (χ1) is 13.5. The third-order valence-corrected chi connectivity index (χ3v) is 6.25. The van der Waals surface area contributed by atoms with Crippen LogP contribution in [-0.4, -0.2) is 34.1 Å². The summed E-state index contributed by atoms with van der Waals surface area (Å²) in [4.78, 5) is 26.7. The molecule has 1 aliphatic carbocycles. The van der Waals surface area contributed by atoms with Crippen LogP contribution in [0, 0.1) is 23.7 Å². The van der Waals surface area contributed by atoms with E-state index in [0.29, 0.717) is 17.8 Å². The summed E-state index contributed by atoms with van der Waals surface area (Å²) in [5, 5.41) is 13.0. The molecule has 0 aromatic heterocycles. The van der Waals surface area contributed by atoms with Crippen molar-refractivity contribution in [2.24, 2.45) is 23.7 Å². The highest BCUT2D eigenvalue weighted by Crippen LogP contribution is 2.38. The molecule has 1 fully saturated rings. The van der Waals surface area contributed by atoms with Gasteiger partial charge >= 0.3 is 6.09 Å². The van der Waals surface area contributed by atoms with E-state index in [1.54, 1.807) is 0 Å². The van der Waals surface area contributed by atoms with Crippen LogP contribution in [0.1, 0.15) is 72.4 Å². The van der Waals surface area contributed by atoms with Crippen LogP contribution in [0.4, 0.5) is 4.79 Å². The minimum absolute atomic E-state index is 0.00286. The Balaban J connectivity index is 2.23. The van der Waals surface area contributed by atoms with E-state index in [4.69, 9.17) is 0 Å². The maximum atomic E-state index is 13.2. The predicted octanol–water partition coefficient (Wildman–Crippen LogP) is 5.33. The Hall–Kier alpha value is -2.04. The second-order valence-electron chi connectivity index (χ2n) is 9.93. The van der Waals surface area contributed by atoms with E-state index >= 15 is 0 Å². The Kier molecular flexibility index (Phi) is 7.73. The molecule has 29 heavy (non-hydrogen) atoms. The molecule has 0 unspecified atom stereocenters. The number of rotatable bonds is 6. The van der Waals surface area contributed by atoms with Gasteiger partial charge in [0.05, 0.1) is 6.04 Å². The molecule has 1 aliphatic rings. The van der Waals surface area contributed by atoms with Gasteiger partial charge in [-0.15, -0.1) is 0 Å². The van der Waals surface area contributed by atoms with E-state index < -0.39 is 17.7 Å². The minimum atomic E-state index is -0.980. The SMILES string of the molecule is CC(C)[C@@H]1CC[C@@H](C)C[C@H]1C(=O)NC[C@H](c1ccccc1)N(C(=O)O)C(C)(C)C. The highest BCUT2D eigenvalue weighted by atomic mass is 16.4. The van der Waals surface area contributed by atoms with Gasteiger partial charge in [0.1, 0.15) is 0 Å². The van der Waals surface area contributed by atoms with Crippen molar-refractivity contribution in [3.63, 3.8) is 0 Å². The van der Waals surface area contributed by atoms with Gasteiger partial charge < -0.3 is 10.4 Å². The summed E-state index contributed by atoms with van der Waals surface area (Å²) >= 11 is 0. The highest BCUT2D eigenvalue weighted by Gasteiger charge is 2.37. The van der Waals surface area contributed by atoms with Crippen molar-refractivity contribution in [2.45, 2.75) is 72.4 Å². The summed E-state index contributed by atoms with van der Waals surface area (Å²) in [6.45, 7) is 12.5. The number of hydrogen-bond acceptors (Lipinski definition) is 2. The van der Waals surface area contributed by atoms with Gasteiger partial charge in [-0.1, -0.05) is 57.5 Å². The Bertz CT molecular complexity index is 681. The Morgan fingerprint density at radius 3 is 2.31 bits per heavy atom. The fraction of sp³-hybridized carbons (Fsp3) is 0.667. The molecule has 162 valence electrons. The zero-order valence-electron chi connectivity index (χ0n) is 18.8. The second-order valence-corrected chi connectivity index (χ2v) is 9.93. The van der Waals surface area contributed by atoms with Crippen LogP contribution in [0.3, 0.4) is 0 Å². The van der Waals surface area contributed by atoms with Gasteiger partial charge in [0.15, 0.2) is 0 Å². The average molecular weight is 403 g/mol. The van der Waals surface area contributed by atoms with Crippen LogP contribution in [0.15, 0.2) is 30.3 Å². The van der Waals surface area contributed by atoms with Crippen molar-refractivity contribution in [3.05, 3.63) is 35.9 Å². The summed E-state index contributed by atoms with van der Waals surface area (Å²) in [7, 11) is 0. The largest absolute Gasteiger partial charge is 0.465 e. The van der Waals surface area contributed by atoms with E-state index in [2.05, 4.69) is 26.1 Å². The van der Waals surface area contributed by atoms with E-state index in [9.17, 15) is 14.7 Å². The molecule has 2 rings (SSSR count). The van der Waals surface area contributed by atoms with Crippen LogP contribution in [0.2, 0.25) is 0 Å². The first-order valence-corrected chi connectivity index (χ1v) is 10.9. The number of amides is 2. The standard InChI is InChI=1S/C24H38N2O3/c1-16(2)19-13-12-17(3)14-20(19)22(27)25-15-21(18-10-8-7-9-11-18)26(23(28)29)24(4,5)6/h7-11,16-17,19-21H,12-15H2,1-6H3,(H,25,27)(H,28,29)/t17-,19+,20-,21-/m1/s1. The highest BCUT2D eigenvalue weighted by molar-refractivity contribution is 5.79. The van der Waals surface area contributed by atoms with Crippen molar-refractivity contribution >= 4 is 12.0 Å². The average Bonchev–Trinajstić information content (AvgIpc) is 2.63. The third kappa shape index (κ3) is 5.97. The molecule has 5 heteroatoms. The number of carboxylic acid groups (broad SMARTS) is 1. The van der Waals surface area contributed by atoms with Crippen LogP contribution in [0.5, 0.6) is 0 Å². The topological polar surface area (TPSA) is 69.6 Å². The lowest BCUT2D eigenvalue weighted by molar-refractivity contribution is -0.129. The van der Waals surface area contributed by atoms with Crippen molar-refractivity contribution in [2.75, 3.05) is 6.54 Å².